The molecule has 0 aliphatic rings. The van der Waals surface area contributed by atoms with Crippen LogP contribution < -0.4 is 5.73 Å². The third kappa shape index (κ3) is 3.06. The molecule has 0 saturated carbocycles. The van der Waals surface area contributed by atoms with Crippen LogP contribution in [-0.4, -0.2) is 24.5 Å². The maximum Gasteiger partial charge on any atom is 0.0239 e. The van der Waals surface area contributed by atoms with E-state index >= 15 is 0 Å². The number of hydrogen-bond donors (Lipinski definition) is 1. The van der Waals surface area contributed by atoms with E-state index in [1.165, 1.54) is 22.3 Å². The molecule has 2 heteroatoms. The zero-order chi connectivity index (χ0) is 12.3. The van der Waals surface area contributed by atoms with Crippen LogP contribution in [0.15, 0.2) is 12.1 Å². The molecule has 0 radical (unpaired) electrons. The van der Waals surface area contributed by atoms with Gasteiger partial charge in [0.25, 0.3) is 0 Å². The highest BCUT2D eigenvalue weighted by atomic mass is 15.1. The van der Waals surface area contributed by atoms with Crippen molar-refractivity contribution >= 4 is 0 Å². The number of nitrogens with two attached hydrogens (primary N) is 1. The second-order valence-corrected chi connectivity index (χ2v) is 4.88. The average molecular weight is 220 g/mol. The van der Waals surface area contributed by atoms with Crippen molar-refractivity contribution in [2.24, 2.45) is 5.73 Å². The molecule has 1 aromatic carbocycles. The lowest BCUT2D eigenvalue weighted by molar-refractivity contribution is 0.254. The Morgan fingerprint density at radius 3 is 2.12 bits per heavy atom. The molecule has 0 amide bonds. The molecule has 0 aromatic heterocycles. The lowest BCUT2D eigenvalue weighted by Gasteiger charge is -2.25. The largest absolute Gasteiger partial charge is 0.329 e. The maximum atomic E-state index is 5.69. The van der Waals surface area contributed by atoms with Gasteiger partial charge in [-0.15, -0.1) is 0 Å². The highest BCUT2D eigenvalue weighted by molar-refractivity contribution is 5.37. The van der Waals surface area contributed by atoms with Crippen LogP contribution in [0.4, 0.5) is 0 Å². The van der Waals surface area contributed by atoms with E-state index in [0.717, 1.165) is 6.54 Å². The highest BCUT2D eigenvalue weighted by Crippen LogP contribution is 2.18. The van der Waals surface area contributed by atoms with Crippen LogP contribution in [0.5, 0.6) is 0 Å². The Bertz CT molecular complexity index is 335. The Morgan fingerprint density at radius 2 is 1.69 bits per heavy atom. The number of benzene rings is 1. The average Bonchev–Trinajstić information content (AvgIpc) is 2.21. The number of nitrogens with zero attached hydrogens (tertiary/aromatic N) is 1. The van der Waals surface area contributed by atoms with E-state index in [1.807, 2.05) is 0 Å². The SMILES string of the molecule is Cc1cc(C)c(CN(C)C(C)CN)c(C)c1. The summed E-state index contributed by atoms with van der Waals surface area (Å²) in [6, 6.07) is 4.94. The summed E-state index contributed by atoms with van der Waals surface area (Å²) in [5, 5.41) is 0. The monoisotopic (exact) mass is 220 g/mol. The Kier molecular flexibility index (Phi) is 4.51. The molecular formula is C14H24N2. The lowest BCUT2D eigenvalue weighted by atomic mass is 9.99. The van der Waals surface area contributed by atoms with Gasteiger partial charge in [0, 0.05) is 19.1 Å². The van der Waals surface area contributed by atoms with Gasteiger partial charge in [0.15, 0.2) is 0 Å². The number of hydrogen-bond acceptors (Lipinski definition) is 2. The van der Waals surface area contributed by atoms with Crippen molar-refractivity contribution < 1.29 is 0 Å². The molecule has 1 atom stereocenters. The van der Waals surface area contributed by atoms with Crippen LogP contribution in [-0.2, 0) is 6.54 Å². The number of rotatable bonds is 4. The Balaban J connectivity index is 2.89. The maximum absolute atomic E-state index is 5.69. The van der Waals surface area contributed by atoms with Gasteiger partial charge in [-0.2, -0.15) is 0 Å². The quantitative estimate of drug-likeness (QED) is 0.844. The second-order valence-electron chi connectivity index (χ2n) is 4.88. The molecule has 1 unspecified atom stereocenters. The van der Waals surface area contributed by atoms with Gasteiger partial charge in [0.2, 0.25) is 0 Å². The first-order valence-electron chi connectivity index (χ1n) is 5.92. The zero-order valence-electron chi connectivity index (χ0n) is 11.2. The highest BCUT2D eigenvalue weighted by Gasteiger charge is 2.11. The first-order valence-corrected chi connectivity index (χ1v) is 5.92. The van der Waals surface area contributed by atoms with E-state index in [2.05, 4.69) is 51.8 Å². The van der Waals surface area contributed by atoms with Crippen molar-refractivity contribution in [3.63, 3.8) is 0 Å². The lowest BCUT2D eigenvalue weighted by Crippen LogP contribution is -2.35. The fourth-order valence-corrected chi connectivity index (χ4v) is 2.04. The molecule has 2 N–H and O–H groups in total. The van der Waals surface area contributed by atoms with Crippen LogP contribution in [0, 0.1) is 20.8 Å². The van der Waals surface area contributed by atoms with E-state index in [0.29, 0.717) is 12.6 Å². The molecular weight excluding hydrogens is 196 g/mol. The van der Waals surface area contributed by atoms with E-state index in [-0.39, 0.29) is 0 Å². The summed E-state index contributed by atoms with van der Waals surface area (Å²) < 4.78 is 0. The summed E-state index contributed by atoms with van der Waals surface area (Å²) >= 11 is 0. The van der Waals surface area contributed by atoms with Crippen LogP contribution in [0.3, 0.4) is 0 Å². The van der Waals surface area contributed by atoms with Crippen molar-refractivity contribution in [3.05, 3.63) is 34.4 Å². The molecule has 1 rings (SSSR count). The summed E-state index contributed by atoms with van der Waals surface area (Å²) in [4.78, 5) is 2.31. The summed E-state index contributed by atoms with van der Waals surface area (Å²) in [6.45, 7) is 10.4. The molecule has 90 valence electrons. The molecule has 0 bridgehead atoms. The van der Waals surface area contributed by atoms with Crippen LogP contribution in [0.1, 0.15) is 29.2 Å². The minimum absolute atomic E-state index is 0.431. The summed E-state index contributed by atoms with van der Waals surface area (Å²) in [7, 11) is 2.14. The van der Waals surface area contributed by atoms with Crippen LogP contribution >= 0.6 is 0 Å². The van der Waals surface area contributed by atoms with Gasteiger partial charge < -0.3 is 5.73 Å². The standard InChI is InChI=1S/C14H24N2/c1-10-6-11(2)14(12(3)7-10)9-16(5)13(4)8-15/h6-7,13H,8-9,15H2,1-5H3. The molecule has 16 heavy (non-hydrogen) atoms. The summed E-state index contributed by atoms with van der Waals surface area (Å²) in [5.41, 5.74) is 11.2. The van der Waals surface area contributed by atoms with E-state index in [4.69, 9.17) is 5.73 Å². The van der Waals surface area contributed by atoms with Crippen molar-refractivity contribution in [1.82, 2.24) is 4.90 Å². The minimum Gasteiger partial charge on any atom is -0.329 e. The van der Waals surface area contributed by atoms with Gasteiger partial charge in [0.1, 0.15) is 0 Å². The molecule has 0 spiro atoms. The third-order valence-electron chi connectivity index (χ3n) is 3.34. The predicted octanol–water partition coefficient (Wildman–Crippen LogP) is 2.39. The van der Waals surface area contributed by atoms with E-state index in [9.17, 15) is 0 Å². The second kappa shape index (κ2) is 5.46. The molecule has 0 heterocycles. The Morgan fingerprint density at radius 1 is 1.19 bits per heavy atom. The van der Waals surface area contributed by atoms with Crippen LogP contribution in [0.25, 0.3) is 0 Å². The van der Waals surface area contributed by atoms with E-state index < -0.39 is 0 Å². The van der Waals surface area contributed by atoms with E-state index in [1.54, 1.807) is 0 Å². The first kappa shape index (κ1) is 13.2. The fraction of sp³-hybridized carbons (Fsp3) is 0.571. The minimum atomic E-state index is 0.431. The molecule has 1 aromatic rings. The van der Waals surface area contributed by atoms with Crippen LogP contribution in [0.2, 0.25) is 0 Å². The number of aryl methyl sites for hydroxylation is 3. The van der Waals surface area contributed by atoms with Crippen molar-refractivity contribution in [2.75, 3.05) is 13.6 Å². The van der Waals surface area contributed by atoms with Gasteiger partial charge in [-0.3, -0.25) is 4.90 Å². The Hall–Kier alpha value is -0.860. The van der Waals surface area contributed by atoms with Gasteiger partial charge >= 0.3 is 0 Å². The van der Waals surface area contributed by atoms with Crippen molar-refractivity contribution in [1.29, 1.82) is 0 Å². The normalized spacial score (nSPS) is 13.2. The molecule has 0 aliphatic heterocycles. The number of likely N-dealkylation sites (N-methyl/N-ethyl adjacent to an activating group) is 1. The smallest absolute Gasteiger partial charge is 0.0239 e. The van der Waals surface area contributed by atoms with Gasteiger partial charge in [0.05, 0.1) is 0 Å². The topological polar surface area (TPSA) is 29.3 Å². The molecule has 0 saturated heterocycles. The van der Waals surface area contributed by atoms with Crippen molar-refractivity contribution in [2.45, 2.75) is 40.3 Å². The molecule has 0 fully saturated rings. The third-order valence-corrected chi connectivity index (χ3v) is 3.34. The van der Waals surface area contributed by atoms with Gasteiger partial charge in [-0.05, 0) is 51.4 Å². The van der Waals surface area contributed by atoms with Gasteiger partial charge in [-0.25, -0.2) is 0 Å². The fourth-order valence-electron chi connectivity index (χ4n) is 2.04. The summed E-state index contributed by atoms with van der Waals surface area (Å²) in [5.74, 6) is 0. The zero-order valence-corrected chi connectivity index (χ0v) is 11.2. The predicted molar refractivity (Wildman–Crippen MR) is 70.6 cm³/mol. The van der Waals surface area contributed by atoms with Gasteiger partial charge in [-0.1, -0.05) is 17.7 Å². The Labute approximate surface area is 99.5 Å². The molecule has 2 nitrogen and oxygen atoms in total. The molecule has 0 aliphatic carbocycles. The van der Waals surface area contributed by atoms with Crippen molar-refractivity contribution in [3.8, 4) is 0 Å². The summed E-state index contributed by atoms with van der Waals surface area (Å²) in [6.07, 6.45) is 0. The first-order chi connectivity index (χ1) is 7.45.